The van der Waals surface area contributed by atoms with Crippen LogP contribution in [0.15, 0.2) is 22.7 Å². The molecule has 90 valence electrons. The van der Waals surface area contributed by atoms with Gasteiger partial charge in [-0.1, -0.05) is 19.9 Å². The predicted octanol–water partition coefficient (Wildman–Crippen LogP) is 3.91. The molecule has 0 aliphatic heterocycles. The largest absolute Gasteiger partial charge is 0.493 e. The summed E-state index contributed by atoms with van der Waals surface area (Å²) in [6, 6.07) is 6.73. The van der Waals surface area contributed by atoms with E-state index in [1.807, 2.05) is 13.0 Å². The zero-order valence-corrected chi connectivity index (χ0v) is 11.8. The lowest BCUT2D eigenvalue weighted by atomic mass is 10.0. The van der Waals surface area contributed by atoms with Crippen LogP contribution in [0.4, 0.5) is 0 Å². The first-order valence-electron chi connectivity index (χ1n) is 5.88. The maximum atomic E-state index is 5.50. The van der Waals surface area contributed by atoms with E-state index in [4.69, 9.17) is 4.74 Å². The predicted molar refractivity (Wildman–Crippen MR) is 72.0 cm³/mol. The highest BCUT2D eigenvalue weighted by molar-refractivity contribution is 9.10. The lowest BCUT2D eigenvalue weighted by Gasteiger charge is -2.17. The lowest BCUT2D eigenvalue weighted by molar-refractivity contribution is 0.338. The van der Waals surface area contributed by atoms with Crippen LogP contribution >= 0.6 is 15.9 Å². The highest BCUT2D eigenvalue weighted by atomic mass is 79.9. The summed E-state index contributed by atoms with van der Waals surface area (Å²) in [5.41, 5.74) is 1.31. The lowest BCUT2D eigenvalue weighted by Crippen LogP contribution is -2.20. The van der Waals surface area contributed by atoms with E-state index in [0.29, 0.717) is 12.6 Å². The van der Waals surface area contributed by atoms with Crippen molar-refractivity contribution in [2.24, 2.45) is 0 Å². The smallest absolute Gasteiger partial charge is 0.133 e. The first-order valence-corrected chi connectivity index (χ1v) is 6.67. The summed E-state index contributed by atoms with van der Waals surface area (Å²) >= 11 is 3.54. The number of ether oxygens (including phenoxy) is 1. The second-order valence-electron chi connectivity index (χ2n) is 3.64. The van der Waals surface area contributed by atoms with Crippen molar-refractivity contribution < 1.29 is 4.74 Å². The van der Waals surface area contributed by atoms with Crippen LogP contribution in [0, 0.1) is 0 Å². The minimum atomic E-state index is 0.428. The molecule has 1 atom stereocenters. The van der Waals surface area contributed by atoms with Gasteiger partial charge in [0.15, 0.2) is 0 Å². The second kappa shape index (κ2) is 6.92. The van der Waals surface area contributed by atoms with Crippen LogP contribution in [0.5, 0.6) is 5.75 Å². The fourth-order valence-electron chi connectivity index (χ4n) is 1.75. The van der Waals surface area contributed by atoms with Crippen LogP contribution in [-0.2, 0) is 0 Å². The maximum absolute atomic E-state index is 5.50. The fourth-order valence-corrected chi connectivity index (χ4v) is 2.26. The van der Waals surface area contributed by atoms with E-state index in [2.05, 4.69) is 47.2 Å². The first kappa shape index (κ1) is 13.5. The van der Waals surface area contributed by atoms with Crippen LogP contribution in [0.2, 0.25) is 0 Å². The van der Waals surface area contributed by atoms with Crippen molar-refractivity contribution in [3.05, 3.63) is 28.2 Å². The molecule has 1 aromatic carbocycles. The summed E-state index contributed by atoms with van der Waals surface area (Å²) in [7, 11) is 0. The summed E-state index contributed by atoms with van der Waals surface area (Å²) in [5, 5.41) is 3.47. The number of nitrogens with one attached hydrogen (secondary N) is 1. The Kier molecular flexibility index (Phi) is 5.85. The highest BCUT2D eigenvalue weighted by Gasteiger charge is 2.09. The quantitative estimate of drug-likeness (QED) is 0.856. The molecular weight excluding hydrogens is 266 g/mol. The monoisotopic (exact) mass is 285 g/mol. The molecule has 0 fully saturated rings. The molecule has 0 bridgehead atoms. The van der Waals surface area contributed by atoms with E-state index in [9.17, 15) is 0 Å². The average Bonchev–Trinajstić information content (AvgIpc) is 2.29. The van der Waals surface area contributed by atoms with Gasteiger partial charge in [-0.3, -0.25) is 0 Å². The molecule has 1 aromatic rings. The van der Waals surface area contributed by atoms with Crippen LogP contribution in [0.1, 0.15) is 38.8 Å². The number of benzene rings is 1. The van der Waals surface area contributed by atoms with E-state index in [0.717, 1.165) is 23.2 Å². The Balaban J connectivity index is 2.85. The standard InChI is InChI=1S/C13H20BrNO/c1-4-12(15-5-2)10-7-8-13(16-6-3)11(14)9-10/h7-9,12,15H,4-6H2,1-3H3. The van der Waals surface area contributed by atoms with E-state index in [1.165, 1.54) is 5.56 Å². The summed E-state index contributed by atoms with van der Waals surface area (Å²) in [4.78, 5) is 0. The van der Waals surface area contributed by atoms with Gasteiger partial charge in [0.25, 0.3) is 0 Å². The molecule has 0 saturated heterocycles. The van der Waals surface area contributed by atoms with E-state index in [1.54, 1.807) is 0 Å². The van der Waals surface area contributed by atoms with Crippen molar-refractivity contribution >= 4 is 15.9 Å². The topological polar surface area (TPSA) is 21.3 Å². The minimum absolute atomic E-state index is 0.428. The van der Waals surface area contributed by atoms with Crippen LogP contribution in [0.25, 0.3) is 0 Å². The van der Waals surface area contributed by atoms with Gasteiger partial charge in [0.2, 0.25) is 0 Å². The molecule has 3 heteroatoms. The normalized spacial score (nSPS) is 12.5. The van der Waals surface area contributed by atoms with Gasteiger partial charge in [-0.2, -0.15) is 0 Å². The summed E-state index contributed by atoms with van der Waals surface area (Å²) < 4.78 is 6.53. The molecular formula is C13H20BrNO. The zero-order valence-electron chi connectivity index (χ0n) is 10.2. The molecule has 1 N–H and O–H groups in total. The third-order valence-electron chi connectivity index (χ3n) is 2.52. The van der Waals surface area contributed by atoms with Gasteiger partial charge in [0.1, 0.15) is 5.75 Å². The number of halogens is 1. The van der Waals surface area contributed by atoms with Crippen molar-refractivity contribution in [2.75, 3.05) is 13.2 Å². The number of rotatable bonds is 6. The van der Waals surface area contributed by atoms with Crippen molar-refractivity contribution in [1.82, 2.24) is 5.32 Å². The molecule has 0 saturated carbocycles. The van der Waals surface area contributed by atoms with E-state index in [-0.39, 0.29) is 0 Å². The summed E-state index contributed by atoms with van der Waals surface area (Å²) in [6.07, 6.45) is 1.09. The van der Waals surface area contributed by atoms with E-state index < -0.39 is 0 Å². The Labute approximate surface area is 107 Å². The van der Waals surface area contributed by atoms with Gasteiger partial charge in [-0.15, -0.1) is 0 Å². The average molecular weight is 286 g/mol. The molecule has 1 unspecified atom stereocenters. The van der Waals surface area contributed by atoms with Gasteiger partial charge >= 0.3 is 0 Å². The fraction of sp³-hybridized carbons (Fsp3) is 0.538. The number of hydrogen-bond acceptors (Lipinski definition) is 2. The molecule has 0 amide bonds. The third-order valence-corrected chi connectivity index (χ3v) is 3.14. The van der Waals surface area contributed by atoms with Gasteiger partial charge in [0.05, 0.1) is 11.1 Å². The summed E-state index contributed by atoms with van der Waals surface area (Å²) in [5.74, 6) is 0.914. The molecule has 2 nitrogen and oxygen atoms in total. The molecule has 0 heterocycles. The summed E-state index contributed by atoms with van der Waals surface area (Å²) in [6.45, 7) is 8.00. The Hall–Kier alpha value is -0.540. The molecule has 0 aliphatic carbocycles. The highest BCUT2D eigenvalue weighted by Crippen LogP contribution is 2.29. The van der Waals surface area contributed by atoms with Crippen LogP contribution in [0.3, 0.4) is 0 Å². The van der Waals surface area contributed by atoms with Crippen LogP contribution in [-0.4, -0.2) is 13.2 Å². The van der Waals surface area contributed by atoms with E-state index >= 15 is 0 Å². The van der Waals surface area contributed by atoms with Crippen molar-refractivity contribution in [1.29, 1.82) is 0 Å². The van der Waals surface area contributed by atoms with Crippen molar-refractivity contribution in [3.8, 4) is 5.75 Å². The Morgan fingerprint density at radius 3 is 2.56 bits per heavy atom. The maximum Gasteiger partial charge on any atom is 0.133 e. The van der Waals surface area contributed by atoms with Gasteiger partial charge in [0, 0.05) is 6.04 Å². The first-order chi connectivity index (χ1) is 7.72. The van der Waals surface area contributed by atoms with Gasteiger partial charge < -0.3 is 10.1 Å². The second-order valence-corrected chi connectivity index (χ2v) is 4.50. The molecule has 0 aliphatic rings. The SMILES string of the molecule is CCNC(CC)c1ccc(OCC)c(Br)c1. The van der Waals surface area contributed by atoms with Gasteiger partial charge in [-0.25, -0.2) is 0 Å². The molecule has 0 aromatic heterocycles. The Morgan fingerprint density at radius 2 is 2.06 bits per heavy atom. The Morgan fingerprint density at radius 1 is 1.31 bits per heavy atom. The number of hydrogen-bond donors (Lipinski definition) is 1. The molecule has 1 rings (SSSR count). The molecule has 0 spiro atoms. The van der Waals surface area contributed by atoms with Crippen molar-refractivity contribution in [3.63, 3.8) is 0 Å². The molecule has 16 heavy (non-hydrogen) atoms. The minimum Gasteiger partial charge on any atom is -0.493 e. The Bertz CT molecular complexity index is 328. The molecule has 0 radical (unpaired) electrons. The third kappa shape index (κ3) is 3.49. The van der Waals surface area contributed by atoms with Crippen molar-refractivity contribution in [2.45, 2.75) is 33.2 Å². The van der Waals surface area contributed by atoms with Gasteiger partial charge in [-0.05, 0) is 53.5 Å². The zero-order chi connectivity index (χ0) is 12.0. The van der Waals surface area contributed by atoms with Crippen LogP contribution < -0.4 is 10.1 Å².